The van der Waals surface area contributed by atoms with Crippen molar-refractivity contribution < 1.29 is 9.90 Å². The van der Waals surface area contributed by atoms with Gasteiger partial charge < -0.3 is 5.11 Å². The maximum Gasteiger partial charge on any atom is 0.335 e. The van der Waals surface area contributed by atoms with Crippen LogP contribution in [0.4, 0.5) is 0 Å². The minimum absolute atomic E-state index is 0.284. The monoisotopic (exact) mass is 284 g/mol. The number of thiazole rings is 1. The highest BCUT2D eigenvalue weighted by molar-refractivity contribution is 7.21. The molecule has 0 fully saturated rings. The molecule has 4 nitrogen and oxygen atoms in total. The van der Waals surface area contributed by atoms with Gasteiger partial charge in [-0.05, 0) is 44.2 Å². The summed E-state index contributed by atoms with van der Waals surface area (Å²) in [7, 11) is 0. The zero-order chi connectivity index (χ0) is 14.3. The van der Waals surface area contributed by atoms with E-state index >= 15 is 0 Å². The van der Waals surface area contributed by atoms with Crippen LogP contribution in [0.25, 0.3) is 20.8 Å². The van der Waals surface area contributed by atoms with Crippen molar-refractivity contribution in [3.63, 3.8) is 0 Å². The molecule has 0 aliphatic heterocycles. The van der Waals surface area contributed by atoms with E-state index in [1.165, 1.54) is 11.3 Å². The molecule has 5 heteroatoms. The van der Waals surface area contributed by atoms with Crippen LogP contribution < -0.4 is 0 Å². The van der Waals surface area contributed by atoms with Gasteiger partial charge in [0.1, 0.15) is 5.01 Å². The molecule has 0 amide bonds. The topological polar surface area (TPSA) is 63.1 Å². The Bertz CT molecular complexity index is 824. The molecule has 100 valence electrons. The Hall–Kier alpha value is -2.27. The van der Waals surface area contributed by atoms with E-state index < -0.39 is 5.97 Å². The summed E-state index contributed by atoms with van der Waals surface area (Å²) in [5, 5.41) is 9.89. The first-order valence-electron chi connectivity index (χ1n) is 6.13. The van der Waals surface area contributed by atoms with Crippen molar-refractivity contribution in [3.8, 4) is 10.6 Å². The van der Waals surface area contributed by atoms with E-state index in [1.54, 1.807) is 18.2 Å². The number of hydrogen-bond acceptors (Lipinski definition) is 4. The summed E-state index contributed by atoms with van der Waals surface area (Å²) < 4.78 is 0.875. The predicted octanol–water partition coefficient (Wildman–Crippen LogP) is 3.67. The number of fused-ring (bicyclic) bond motifs is 1. The molecular formula is C15H12N2O2S. The highest BCUT2D eigenvalue weighted by atomic mass is 32.1. The molecule has 3 rings (SSSR count). The molecule has 1 aromatic carbocycles. The lowest BCUT2D eigenvalue weighted by Gasteiger charge is -2.01. The van der Waals surface area contributed by atoms with E-state index in [0.717, 1.165) is 32.2 Å². The molecule has 0 saturated carbocycles. The van der Waals surface area contributed by atoms with Crippen LogP contribution >= 0.6 is 11.3 Å². The van der Waals surface area contributed by atoms with Crippen molar-refractivity contribution in [1.29, 1.82) is 0 Å². The second kappa shape index (κ2) is 4.68. The van der Waals surface area contributed by atoms with E-state index in [1.807, 2.05) is 26.0 Å². The molecule has 0 aliphatic carbocycles. The number of carbonyl (C=O) groups is 1. The van der Waals surface area contributed by atoms with Crippen LogP contribution in [-0.4, -0.2) is 21.0 Å². The second-order valence-electron chi connectivity index (χ2n) is 4.59. The number of aromatic nitrogens is 2. The summed E-state index contributed by atoms with van der Waals surface area (Å²) in [4.78, 5) is 20.0. The molecule has 2 aromatic heterocycles. The number of pyridine rings is 1. The summed E-state index contributed by atoms with van der Waals surface area (Å²) in [6.07, 6.45) is 0. The molecule has 20 heavy (non-hydrogen) atoms. The lowest BCUT2D eigenvalue weighted by molar-refractivity contribution is 0.0697. The molecule has 0 atom stereocenters. The average Bonchev–Trinajstić information content (AvgIpc) is 2.80. The van der Waals surface area contributed by atoms with Gasteiger partial charge in [-0.15, -0.1) is 11.3 Å². The molecular weight excluding hydrogens is 272 g/mol. The highest BCUT2D eigenvalue weighted by Crippen LogP contribution is 2.32. The Morgan fingerprint density at radius 1 is 1.15 bits per heavy atom. The standard InChI is InChI=1S/C15H12N2O2S/c1-8-3-5-11(9(2)16-8)14-17-12-6-4-10(15(18)19)7-13(12)20-14/h3-7H,1-2H3,(H,18,19). The van der Waals surface area contributed by atoms with Gasteiger partial charge in [0.05, 0.1) is 15.8 Å². The zero-order valence-electron chi connectivity index (χ0n) is 11.0. The summed E-state index contributed by atoms with van der Waals surface area (Å²) in [5.74, 6) is -0.921. The number of hydrogen-bond donors (Lipinski definition) is 1. The highest BCUT2D eigenvalue weighted by Gasteiger charge is 2.11. The van der Waals surface area contributed by atoms with Crippen LogP contribution in [0, 0.1) is 13.8 Å². The Balaban J connectivity index is 2.15. The zero-order valence-corrected chi connectivity index (χ0v) is 11.9. The van der Waals surface area contributed by atoms with Gasteiger partial charge in [0.15, 0.2) is 0 Å². The van der Waals surface area contributed by atoms with Crippen LogP contribution in [0.1, 0.15) is 21.7 Å². The third kappa shape index (κ3) is 2.16. The molecule has 0 unspecified atom stereocenters. The van der Waals surface area contributed by atoms with Crippen molar-refractivity contribution >= 4 is 27.5 Å². The lowest BCUT2D eigenvalue weighted by atomic mass is 10.2. The van der Waals surface area contributed by atoms with Crippen molar-refractivity contribution in [2.75, 3.05) is 0 Å². The first-order chi connectivity index (χ1) is 9.54. The number of aromatic carboxylic acids is 1. The maximum atomic E-state index is 11.0. The van der Waals surface area contributed by atoms with E-state index in [9.17, 15) is 4.79 Å². The molecule has 0 radical (unpaired) electrons. The second-order valence-corrected chi connectivity index (χ2v) is 5.62. The quantitative estimate of drug-likeness (QED) is 0.779. The third-order valence-electron chi connectivity index (χ3n) is 3.09. The summed E-state index contributed by atoms with van der Waals surface area (Å²) in [5.41, 5.74) is 4.00. The van der Waals surface area contributed by atoms with Crippen LogP contribution in [0.2, 0.25) is 0 Å². The molecule has 2 heterocycles. The first kappa shape index (κ1) is 12.7. The largest absolute Gasteiger partial charge is 0.478 e. The fraction of sp³-hybridized carbons (Fsp3) is 0.133. The summed E-state index contributed by atoms with van der Waals surface area (Å²) in [6.45, 7) is 3.91. The molecule has 1 N–H and O–H groups in total. The van der Waals surface area contributed by atoms with Crippen LogP contribution in [0.15, 0.2) is 30.3 Å². The average molecular weight is 284 g/mol. The summed E-state index contributed by atoms with van der Waals surface area (Å²) >= 11 is 1.49. The number of aryl methyl sites for hydroxylation is 2. The lowest BCUT2D eigenvalue weighted by Crippen LogP contribution is -1.94. The number of benzene rings is 1. The van der Waals surface area contributed by atoms with Crippen LogP contribution in [-0.2, 0) is 0 Å². The maximum absolute atomic E-state index is 11.0. The van der Waals surface area contributed by atoms with Crippen molar-refractivity contribution in [3.05, 3.63) is 47.3 Å². The third-order valence-corrected chi connectivity index (χ3v) is 4.14. The fourth-order valence-corrected chi connectivity index (χ4v) is 3.17. The smallest absolute Gasteiger partial charge is 0.335 e. The van der Waals surface area contributed by atoms with Gasteiger partial charge in [0.2, 0.25) is 0 Å². The molecule has 0 bridgehead atoms. The fourth-order valence-electron chi connectivity index (χ4n) is 2.09. The van der Waals surface area contributed by atoms with Gasteiger partial charge in [0.25, 0.3) is 0 Å². The Labute approximate surface area is 119 Å². The number of carboxylic acids is 1. The first-order valence-corrected chi connectivity index (χ1v) is 6.95. The SMILES string of the molecule is Cc1ccc(-c2nc3ccc(C(=O)O)cc3s2)c(C)n1. The Morgan fingerprint density at radius 3 is 2.65 bits per heavy atom. The van der Waals surface area contributed by atoms with Gasteiger partial charge in [-0.1, -0.05) is 0 Å². The van der Waals surface area contributed by atoms with E-state index in [0.29, 0.717) is 0 Å². The van der Waals surface area contributed by atoms with Gasteiger partial charge in [-0.2, -0.15) is 0 Å². The summed E-state index contributed by atoms with van der Waals surface area (Å²) in [6, 6.07) is 8.95. The number of carboxylic acid groups (broad SMARTS) is 1. The Kier molecular flexibility index (Phi) is 2.99. The Morgan fingerprint density at radius 2 is 1.95 bits per heavy atom. The van der Waals surface area contributed by atoms with E-state index in [4.69, 9.17) is 5.11 Å². The van der Waals surface area contributed by atoms with Gasteiger partial charge in [-0.3, -0.25) is 4.98 Å². The molecule has 0 aliphatic rings. The molecule has 0 spiro atoms. The van der Waals surface area contributed by atoms with Crippen LogP contribution in [0.5, 0.6) is 0 Å². The van der Waals surface area contributed by atoms with E-state index in [2.05, 4.69) is 9.97 Å². The number of rotatable bonds is 2. The van der Waals surface area contributed by atoms with Gasteiger partial charge in [-0.25, -0.2) is 9.78 Å². The van der Waals surface area contributed by atoms with Crippen molar-refractivity contribution in [2.24, 2.45) is 0 Å². The van der Waals surface area contributed by atoms with Gasteiger partial charge >= 0.3 is 5.97 Å². The van der Waals surface area contributed by atoms with Crippen LogP contribution in [0.3, 0.4) is 0 Å². The molecule has 0 saturated heterocycles. The molecule has 3 aromatic rings. The van der Waals surface area contributed by atoms with E-state index in [-0.39, 0.29) is 5.56 Å². The number of nitrogens with zero attached hydrogens (tertiary/aromatic N) is 2. The normalized spacial score (nSPS) is 10.9. The minimum atomic E-state index is -0.921. The minimum Gasteiger partial charge on any atom is -0.478 e. The predicted molar refractivity (Wildman–Crippen MR) is 79.3 cm³/mol. The van der Waals surface area contributed by atoms with Gasteiger partial charge in [0, 0.05) is 17.0 Å². The van der Waals surface area contributed by atoms with Crippen molar-refractivity contribution in [1.82, 2.24) is 9.97 Å². The van der Waals surface area contributed by atoms with Crippen molar-refractivity contribution in [2.45, 2.75) is 13.8 Å².